The van der Waals surface area contributed by atoms with E-state index in [1.54, 1.807) is 23.2 Å². The highest BCUT2D eigenvalue weighted by molar-refractivity contribution is 5.89. The molecule has 8 heteroatoms. The van der Waals surface area contributed by atoms with E-state index in [0.29, 0.717) is 29.8 Å². The fourth-order valence-corrected chi connectivity index (χ4v) is 4.35. The summed E-state index contributed by atoms with van der Waals surface area (Å²) in [7, 11) is 0. The number of nitriles is 1. The third-order valence-corrected chi connectivity index (χ3v) is 5.67. The van der Waals surface area contributed by atoms with Gasteiger partial charge in [-0.05, 0) is 25.0 Å². The van der Waals surface area contributed by atoms with E-state index in [4.69, 9.17) is 14.7 Å². The Bertz CT molecular complexity index is 968. The Morgan fingerprint density at radius 2 is 2.14 bits per heavy atom. The van der Waals surface area contributed by atoms with Gasteiger partial charge in [-0.3, -0.25) is 14.8 Å². The van der Waals surface area contributed by atoms with Crippen molar-refractivity contribution in [2.45, 2.75) is 49.7 Å². The first-order valence-corrected chi connectivity index (χ1v) is 9.22. The van der Waals surface area contributed by atoms with Crippen LogP contribution in [0.25, 0.3) is 0 Å². The summed E-state index contributed by atoms with van der Waals surface area (Å²) >= 11 is 0. The van der Waals surface area contributed by atoms with E-state index in [-0.39, 0.29) is 24.3 Å². The summed E-state index contributed by atoms with van der Waals surface area (Å²) in [6, 6.07) is 6.46. The van der Waals surface area contributed by atoms with Crippen LogP contribution in [0.1, 0.15) is 43.0 Å². The van der Waals surface area contributed by atoms with Crippen LogP contribution < -0.4 is 4.74 Å². The number of carbonyl (C=O) groups is 1. The first-order valence-electron chi connectivity index (χ1n) is 9.22. The van der Waals surface area contributed by atoms with E-state index in [1.807, 2.05) is 6.07 Å². The summed E-state index contributed by atoms with van der Waals surface area (Å²) in [5.74, 6) is 0.0702. The molecule has 1 spiro atoms. The number of carbonyl (C=O) groups excluding carboxylic acids is 1. The third kappa shape index (κ3) is 2.62. The molecule has 1 aliphatic carbocycles. The lowest BCUT2D eigenvalue weighted by Gasteiger charge is -2.42. The molecule has 3 fully saturated rings. The molecule has 7 nitrogen and oxygen atoms in total. The predicted octanol–water partition coefficient (Wildman–Crippen LogP) is 2.49. The molecular weight excluding hydrogens is 363 g/mol. The van der Waals surface area contributed by atoms with Crippen molar-refractivity contribution < 1.29 is 18.7 Å². The molecular formula is C20H17FN4O3. The first-order chi connectivity index (χ1) is 13.6. The number of amides is 1. The fraction of sp³-hybridized carbons (Fsp3) is 0.400. The number of hydrogen-bond acceptors (Lipinski definition) is 6. The van der Waals surface area contributed by atoms with Crippen molar-refractivity contribution >= 4 is 5.91 Å². The van der Waals surface area contributed by atoms with Gasteiger partial charge in [-0.2, -0.15) is 5.26 Å². The number of halogens is 1. The van der Waals surface area contributed by atoms with E-state index < -0.39 is 11.4 Å². The molecule has 0 aromatic carbocycles. The number of rotatable bonds is 3. The lowest BCUT2D eigenvalue weighted by atomic mass is 9.76. The van der Waals surface area contributed by atoms with Crippen molar-refractivity contribution in [3.8, 4) is 11.8 Å². The van der Waals surface area contributed by atoms with Gasteiger partial charge in [0.2, 0.25) is 0 Å². The zero-order chi connectivity index (χ0) is 19.3. The van der Waals surface area contributed by atoms with Crippen LogP contribution in [0.5, 0.6) is 5.75 Å². The Hall–Kier alpha value is -3.05. The van der Waals surface area contributed by atoms with Crippen LogP contribution in [-0.4, -0.2) is 38.7 Å². The van der Waals surface area contributed by atoms with Crippen LogP contribution in [0.4, 0.5) is 4.39 Å². The van der Waals surface area contributed by atoms with Crippen LogP contribution in [0.15, 0.2) is 36.8 Å². The SMILES string of the molecule is N#Cc1cncc(OC2CC3(C2)O[C@@H]2CC[C@@H](c4ccc(F)cn4)N2C3=O)c1. The highest BCUT2D eigenvalue weighted by Crippen LogP contribution is 2.51. The van der Waals surface area contributed by atoms with Gasteiger partial charge in [0.05, 0.1) is 29.7 Å². The molecule has 1 saturated carbocycles. The highest BCUT2D eigenvalue weighted by atomic mass is 19.1. The molecule has 2 aliphatic heterocycles. The topological polar surface area (TPSA) is 88.3 Å². The molecule has 2 atom stereocenters. The van der Waals surface area contributed by atoms with Crippen LogP contribution >= 0.6 is 0 Å². The summed E-state index contributed by atoms with van der Waals surface area (Å²) in [4.78, 5) is 23.0. The Morgan fingerprint density at radius 3 is 2.89 bits per heavy atom. The molecule has 142 valence electrons. The van der Waals surface area contributed by atoms with Crippen molar-refractivity contribution in [2.24, 2.45) is 0 Å². The van der Waals surface area contributed by atoms with Crippen molar-refractivity contribution in [1.29, 1.82) is 5.26 Å². The van der Waals surface area contributed by atoms with Crippen molar-refractivity contribution in [2.75, 3.05) is 0 Å². The highest BCUT2D eigenvalue weighted by Gasteiger charge is 2.63. The quantitative estimate of drug-likeness (QED) is 0.813. The second-order valence-electron chi connectivity index (χ2n) is 7.44. The molecule has 28 heavy (non-hydrogen) atoms. The van der Waals surface area contributed by atoms with Crippen LogP contribution in [0.3, 0.4) is 0 Å². The predicted molar refractivity (Wildman–Crippen MR) is 93.2 cm³/mol. The average molecular weight is 380 g/mol. The van der Waals surface area contributed by atoms with E-state index in [9.17, 15) is 9.18 Å². The second-order valence-corrected chi connectivity index (χ2v) is 7.44. The van der Waals surface area contributed by atoms with Gasteiger partial charge in [0.25, 0.3) is 5.91 Å². The second kappa shape index (κ2) is 6.24. The maximum atomic E-state index is 13.2. The van der Waals surface area contributed by atoms with Gasteiger partial charge in [-0.15, -0.1) is 0 Å². The Morgan fingerprint density at radius 1 is 1.29 bits per heavy atom. The van der Waals surface area contributed by atoms with Crippen molar-refractivity contribution in [1.82, 2.24) is 14.9 Å². The molecule has 1 amide bonds. The summed E-state index contributed by atoms with van der Waals surface area (Å²) in [5.41, 5.74) is 0.258. The molecule has 4 heterocycles. The Labute approximate surface area is 160 Å². The standard InChI is InChI=1S/C20H17FN4O3/c21-13-1-2-16(24-10-13)17-3-4-18-25(17)19(26)20(28-18)6-15(7-20)27-14-5-12(8-22)9-23-11-14/h1-2,5,9-11,15,17-18H,3-4,6-7H2/t15?,17-,18+,20?/m0/s1. The molecule has 0 unspecified atom stereocenters. The molecule has 2 aromatic heterocycles. The minimum absolute atomic E-state index is 0.0464. The van der Waals surface area contributed by atoms with E-state index in [1.165, 1.54) is 18.5 Å². The molecule has 3 aliphatic rings. The molecule has 0 radical (unpaired) electrons. The van der Waals surface area contributed by atoms with Gasteiger partial charge in [0, 0.05) is 25.1 Å². The average Bonchev–Trinajstić information content (AvgIpc) is 3.21. The van der Waals surface area contributed by atoms with E-state index in [0.717, 1.165) is 12.8 Å². The minimum Gasteiger partial charge on any atom is -0.489 e. The summed E-state index contributed by atoms with van der Waals surface area (Å²) in [6.07, 6.45) is 6.16. The largest absolute Gasteiger partial charge is 0.489 e. The maximum Gasteiger partial charge on any atom is 0.257 e. The van der Waals surface area contributed by atoms with Gasteiger partial charge < -0.3 is 14.4 Å². The minimum atomic E-state index is -0.853. The Kier molecular flexibility index (Phi) is 3.81. The van der Waals surface area contributed by atoms with Gasteiger partial charge in [-0.1, -0.05) is 0 Å². The smallest absolute Gasteiger partial charge is 0.257 e. The van der Waals surface area contributed by atoms with Crippen LogP contribution in [0.2, 0.25) is 0 Å². The molecule has 0 bridgehead atoms. The molecule has 5 rings (SSSR count). The Balaban J connectivity index is 1.28. The first kappa shape index (κ1) is 17.1. The number of nitrogens with zero attached hydrogens (tertiary/aromatic N) is 4. The fourth-order valence-electron chi connectivity index (χ4n) is 4.35. The number of aromatic nitrogens is 2. The van der Waals surface area contributed by atoms with Gasteiger partial charge in [-0.25, -0.2) is 4.39 Å². The number of fused-ring (bicyclic) bond motifs is 1. The summed E-state index contributed by atoms with van der Waals surface area (Å²) in [6.45, 7) is 0. The van der Waals surface area contributed by atoms with E-state index >= 15 is 0 Å². The van der Waals surface area contributed by atoms with Gasteiger partial charge in [0.15, 0.2) is 5.60 Å². The van der Waals surface area contributed by atoms with Crippen LogP contribution in [-0.2, 0) is 9.53 Å². The monoisotopic (exact) mass is 380 g/mol. The number of pyridine rings is 2. The van der Waals surface area contributed by atoms with Crippen molar-refractivity contribution in [3.05, 3.63) is 53.9 Å². The zero-order valence-corrected chi connectivity index (χ0v) is 14.9. The zero-order valence-electron chi connectivity index (χ0n) is 14.9. The molecule has 0 N–H and O–H groups in total. The van der Waals surface area contributed by atoms with Crippen LogP contribution in [0, 0.1) is 17.1 Å². The van der Waals surface area contributed by atoms with Gasteiger partial charge >= 0.3 is 0 Å². The maximum absolute atomic E-state index is 13.2. The number of ether oxygens (including phenoxy) is 2. The van der Waals surface area contributed by atoms with E-state index in [2.05, 4.69) is 9.97 Å². The molecule has 2 aromatic rings. The van der Waals surface area contributed by atoms with Crippen molar-refractivity contribution in [3.63, 3.8) is 0 Å². The third-order valence-electron chi connectivity index (χ3n) is 5.67. The molecule has 2 saturated heterocycles. The summed E-state index contributed by atoms with van der Waals surface area (Å²) in [5, 5.41) is 8.95. The normalized spacial score (nSPS) is 30.8. The van der Waals surface area contributed by atoms with Gasteiger partial charge in [0.1, 0.15) is 30.0 Å². The lowest BCUT2D eigenvalue weighted by Crippen LogP contribution is -2.56. The summed E-state index contributed by atoms with van der Waals surface area (Å²) < 4.78 is 25.2. The lowest BCUT2D eigenvalue weighted by molar-refractivity contribution is -0.162. The number of hydrogen-bond donors (Lipinski definition) is 0.